The second kappa shape index (κ2) is 15.0. The van der Waals surface area contributed by atoms with Gasteiger partial charge in [0.15, 0.2) is 0 Å². The van der Waals surface area contributed by atoms with Crippen molar-refractivity contribution in [2.45, 2.75) is 0 Å². The molecule has 0 amide bonds. The Bertz CT molecular complexity index is 3050. The number of aromatic nitrogens is 4. The van der Waals surface area contributed by atoms with Crippen LogP contribution in [0.2, 0.25) is 0 Å². The zero-order valence-corrected chi connectivity index (χ0v) is 32.7. The van der Waals surface area contributed by atoms with Crippen LogP contribution in [0.25, 0.3) is 102 Å². The van der Waals surface area contributed by atoms with Crippen molar-refractivity contribution in [3.05, 3.63) is 229 Å². The first-order valence-electron chi connectivity index (χ1n) is 20.3. The van der Waals surface area contributed by atoms with Gasteiger partial charge in [0.1, 0.15) is 0 Å². The van der Waals surface area contributed by atoms with Gasteiger partial charge in [0, 0.05) is 44.0 Å². The molecule has 0 aliphatic heterocycles. The second-order valence-electron chi connectivity index (χ2n) is 15.0. The zero-order chi connectivity index (χ0) is 39.8. The minimum atomic E-state index is 0.805. The van der Waals surface area contributed by atoms with Crippen molar-refractivity contribution in [3.8, 4) is 33.9 Å². The molecule has 0 spiro atoms. The van der Waals surface area contributed by atoms with Crippen molar-refractivity contribution in [1.82, 2.24) is 19.1 Å². The maximum Gasteiger partial charge on any atom is 0.0966 e. The van der Waals surface area contributed by atoms with Crippen LogP contribution in [0.15, 0.2) is 206 Å². The van der Waals surface area contributed by atoms with Gasteiger partial charge >= 0.3 is 0 Å². The predicted octanol–water partition coefficient (Wildman–Crippen LogP) is 14.3. The highest BCUT2D eigenvalue weighted by molar-refractivity contribution is 6.10. The van der Waals surface area contributed by atoms with E-state index in [-0.39, 0.29) is 0 Å². The molecule has 60 heavy (non-hydrogen) atoms. The molecular formula is C56H38N4. The van der Waals surface area contributed by atoms with Gasteiger partial charge in [-0.05, 0) is 71.8 Å². The third kappa shape index (κ3) is 6.28. The Kier molecular flexibility index (Phi) is 8.79. The molecule has 282 valence electrons. The SMILES string of the molecule is C(=C\c1nc(-c2ccccc2)c(/C=C/c2ccc(-n3c4ccccc4c4ccccc43)cc2)nc1-c1ccccc1)/c1ccc(-n2c3ccccc3c3ccccc32)cc1. The Labute approximate surface area is 348 Å². The van der Waals surface area contributed by atoms with Gasteiger partial charge < -0.3 is 9.13 Å². The lowest BCUT2D eigenvalue weighted by Gasteiger charge is -2.12. The van der Waals surface area contributed by atoms with E-state index in [1.54, 1.807) is 0 Å². The van der Waals surface area contributed by atoms with Gasteiger partial charge in [0.2, 0.25) is 0 Å². The van der Waals surface area contributed by atoms with Crippen molar-refractivity contribution in [2.75, 3.05) is 0 Å². The van der Waals surface area contributed by atoms with E-state index in [9.17, 15) is 0 Å². The van der Waals surface area contributed by atoms with Crippen molar-refractivity contribution in [3.63, 3.8) is 0 Å². The summed E-state index contributed by atoms with van der Waals surface area (Å²) in [5.74, 6) is 0. The molecule has 0 fully saturated rings. The molecule has 4 heteroatoms. The average molecular weight is 767 g/mol. The first-order chi connectivity index (χ1) is 29.8. The molecule has 4 nitrogen and oxygen atoms in total. The largest absolute Gasteiger partial charge is 0.309 e. The van der Waals surface area contributed by atoms with E-state index in [0.29, 0.717) is 0 Å². The molecule has 0 saturated heterocycles. The van der Waals surface area contributed by atoms with Crippen LogP contribution in [0, 0.1) is 0 Å². The quantitative estimate of drug-likeness (QED) is 0.154. The normalized spacial score (nSPS) is 11.9. The van der Waals surface area contributed by atoms with Crippen molar-refractivity contribution >= 4 is 67.9 Å². The number of para-hydroxylation sites is 4. The molecule has 0 radical (unpaired) electrons. The van der Waals surface area contributed by atoms with Crippen LogP contribution in [0.4, 0.5) is 0 Å². The summed E-state index contributed by atoms with van der Waals surface area (Å²) < 4.78 is 4.69. The van der Waals surface area contributed by atoms with E-state index in [4.69, 9.17) is 9.97 Å². The van der Waals surface area contributed by atoms with Gasteiger partial charge in [-0.15, -0.1) is 0 Å². The molecule has 3 aromatic heterocycles. The number of hydrogen-bond donors (Lipinski definition) is 0. The molecule has 0 aliphatic rings. The summed E-state index contributed by atoms with van der Waals surface area (Å²) in [4.78, 5) is 10.7. The van der Waals surface area contributed by atoms with Crippen molar-refractivity contribution in [2.24, 2.45) is 0 Å². The zero-order valence-electron chi connectivity index (χ0n) is 32.7. The third-order valence-corrected chi connectivity index (χ3v) is 11.4. The van der Waals surface area contributed by atoms with Crippen LogP contribution in [0.5, 0.6) is 0 Å². The fourth-order valence-corrected chi connectivity index (χ4v) is 8.53. The van der Waals surface area contributed by atoms with Gasteiger partial charge in [-0.1, -0.05) is 170 Å². The molecule has 8 aromatic carbocycles. The molecule has 0 atom stereocenters. The fourth-order valence-electron chi connectivity index (χ4n) is 8.53. The lowest BCUT2D eigenvalue weighted by atomic mass is 10.0. The maximum atomic E-state index is 5.37. The van der Waals surface area contributed by atoms with Crippen molar-refractivity contribution in [1.29, 1.82) is 0 Å². The highest BCUT2D eigenvalue weighted by Gasteiger charge is 2.16. The average Bonchev–Trinajstić information content (AvgIpc) is 3.84. The fraction of sp³-hybridized carbons (Fsp3) is 0. The lowest BCUT2D eigenvalue weighted by Crippen LogP contribution is -2.00. The van der Waals surface area contributed by atoms with Crippen LogP contribution in [-0.4, -0.2) is 19.1 Å². The smallest absolute Gasteiger partial charge is 0.0966 e. The molecule has 0 unspecified atom stereocenters. The Hall–Kier alpha value is -8.08. The summed E-state index contributed by atoms with van der Waals surface area (Å²) in [5.41, 5.74) is 14.5. The van der Waals surface area contributed by atoms with Gasteiger partial charge in [0.25, 0.3) is 0 Å². The van der Waals surface area contributed by atoms with Gasteiger partial charge in [0.05, 0.1) is 44.8 Å². The Morgan fingerprint density at radius 1 is 0.283 bits per heavy atom. The minimum Gasteiger partial charge on any atom is -0.309 e. The molecule has 0 aliphatic carbocycles. The summed E-state index contributed by atoms with van der Waals surface area (Å²) in [6, 6.07) is 72.6. The number of rotatable bonds is 8. The van der Waals surface area contributed by atoms with E-state index in [0.717, 1.165) is 56.4 Å². The summed E-state index contributed by atoms with van der Waals surface area (Å²) in [5, 5.41) is 5.02. The Morgan fingerprint density at radius 2 is 0.583 bits per heavy atom. The van der Waals surface area contributed by atoms with Gasteiger partial charge in [-0.25, -0.2) is 9.97 Å². The van der Waals surface area contributed by atoms with Crippen LogP contribution < -0.4 is 0 Å². The monoisotopic (exact) mass is 766 g/mol. The first kappa shape index (κ1) is 35.1. The highest BCUT2D eigenvalue weighted by Crippen LogP contribution is 2.34. The molecule has 11 aromatic rings. The second-order valence-corrected chi connectivity index (χ2v) is 15.0. The third-order valence-electron chi connectivity index (χ3n) is 11.4. The number of nitrogens with zero attached hydrogens (tertiary/aromatic N) is 4. The number of hydrogen-bond acceptors (Lipinski definition) is 2. The topological polar surface area (TPSA) is 35.6 Å². The van der Waals surface area contributed by atoms with E-state index in [1.807, 2.05) is 12.1 Å². The van der Waals surface area contributed by atoms with E-state index in [2.05, 4.69) is 228 Å². The maximum absolute atomic E-state index is 5.37. The van der Waals surface area contributed by atoms with Crippen LogP contribution >= 0.6 is 0 Å². The van der Waals surface area contributed by atoms with E-state index >= 15 is 0 Å². The lowest BCUT2D eigenvalue weighted by molar-refractivity contribution is 1.17. The molecular weight excluding hydrogens is 729 g/mol. The van der Waals surface area contributed by atoms with Crippen LogP contribution in [0.1, 0.15) is 22.5 Å². The minimum absolute atomic E-state index is 0.805. The van der Waals surface area contributed by atoms with Gasteiger partial charge in [-0.3, -0.25) is 0 Å². The van der Waals surface area contributed by atoms with Gasteiger partial charge in [-0.2, -0.15) is 0 Å². The summed E-state index contributed by atoms with van der Waals surface area (Å²) in [6.07, 6.45) is 8.46. The first-order valence-corrected chi connectivity index (χ1v) is 20.3. The van der Waals surface area contributed by atoms with E-state index in [1.165, 1.54) is 43.6 Å². The molecule has 0 saturated carbocycles. The van der Waals surface area contributed by atoms with Crippen LogP contribution in [0.3, 0.4) is 0 Å². The predicted molar refractivity (Wildman–Crippen MR) is 252 cm³/mol. The van der Waals surface area contributed by atoms with Crippen molar-refractivity contribution < 1.29 is 0 Å². The standard InChI is InChI=1S/C56H38N4/c1-3-15-41(16-4-1)55-49(37-31-39-27-33-43(34-28-39)59-51-23-11-7-19-45(51)46-20-8-12-24-52(46)59)58-56(42-17-5-2-6-18-42)50(57-55)38-32-40-29-35-44(36-30-40)60-53-25-13-9-21-47(53)48-22-10-14-26-54(48)60/h1-38H/b37-31+,38-32+. The Balaban J connectivity index is 0.960. The summed E-state index contributed by atoms with van der Waals surface area (Å²) in [6.45, 7) is 0. The number of benzene rings is 8. The summed E-state index contributed by atoms with van der Waals surface area (Å²) >= 11 is 0. The molecule has 0 N–H and O–H groups in total. The summed E-state index contributed by atoms with van der Waals surface area (Å²) in [7, 11) is 0. The Morgan fingerprint density at radius 3 is 0.917 bits per heavy atom. The van der Waals surface area contributed by atoms with E-state index < -0.39 is 0 Å². The highest BCUT2D eigenvalue weighted by atomic mass is 15.0. The molecule has 0 bridgehead atoms. The van der Waals surface area contributed by atoms with Crippen LogP contribution in [-0.2, 0) is 0 Å². The molecule has 11 rings (SSSR count). The molecule has 3 heterocycles. The number of fused-ring (bicyclic) bond motifs is 6.